The van der Waals surface area contributed by atoms with E-state index in [0.29, 0.717) is 12.6 Å². The Kier molecular flexibility index (Phi) is 4.81. The topological polar surface area (TPSA) is 41.4 Å². The van der Waals surface area contributed by atoms with Gasteiger partial charge in [0.25, 0.3) is 0 Å². The molecular weight excluding hydrogens is 252 g/mol. The summed E-state index contributed by atoms with van der Waals surface area (Å²) in [5.74, 6) is 0.213. The Labute approximate surface area is 121 Å². The molecule has 1 atom stereocenters. The maximum Gasteiger partial charge on any atom is 0.242 e. The van der Waals surface area contributed by atoms with Crippen LogP contribution in [0.1, 0.15) is 30.7 Å². The van der Waals surface area contributed by atoms with Crippen LogP contribution in [0.4, 0.5) is 0 Å². The summed E-state index contributed by atoms with van der Waals surface area (Å²) in [5.41, 5.74) is 2.08. The van der Waals surface area contributed by atoms with Crippen molar-refractivity contribution in [1.82, 2.24) is 19.4 Å². The summed E-state index contributed by atoms with van der Waals surface area (Å²) in [6.07, 6.45) is 5.11. The minimum Gasteiger partial charge on any atom is -0.341 e. The summed E-state index contributed by atoms with van der Waals surface area (Å²) < 4.78 is 1.95. The van der Waals surface area contributed by atoms with Crippen LogP contribution in [-0.4, -0.2) is 58.5 Å². The van der Waals surface area contributed by atoms with Crippen LogP contribution in [-0.2, 0) is 11.3 Å². The van der Waals surface area contributed by atoms with Gasteiger partial charge in [-0.2, -0.15) is 0 Å². The lowest BCUT2D eigenvalue weighted by atomic mass is 10.1. The number of hydrogen-bond donors (Lipinski definition) is 0. The van der Waals surface area contributed by atoms with Crippen molar-refractivity contribution in [3.05, 3.63) is 17.7 Å². The molecule has 0 radical (unpaired) electrons. The Morgan fingerprint density at radius 3 is 2.70 bits per heavy atom. The first-order chi connectivity index (χ1) is 9.49. The van der Waals surface area contributed by atoms with Crippen LogP contribution in [0.2, 0.25) is 0 Å². The molecular formula is C15H26N4O. The van der Waals surface area contributed by atoms with Gasteiger partial charge in [0, 0.05) is 24.8 Å². The van der Waals surface area contributed by atoms with Gasteiger partial charge < -0.3 is 14.4 Å². The molecule has 1 aliphatic rings. The standard InChI is InChI=1S/C15H26N4O/c1-12-13(2)19(11-16-12)10-15(20)18-8-5-6-14(7-9-18)17(3)4/h11,14H,5-10H2,1-4H3. The second kappa shape index (κ2) is 6.39. The normalized spacial score (nSPS) is 20.2. The molecule has 112 valence electrons. The fourth-order valence-corrected chi connectivity index (χ4v) is 2.79. The summed E-state index contributed by atoms with van der Waals surface area (Å²) in [6.45, 7) is 6.16. The molecule has 1 saturated heterocycles. The molecule has 1 aliphatic heterocycles. The molecule has 0 saturated carbocycles. The van der Waals surface area contributed by atoms with Gasteiger partial charge in [0.15, 0.2) is 0 Å². The van der Waals surface area contributed by atoms with Crippen molar-refractivity contribution in [1.29, 1.82) is 0 Å². The zero-order chi connectivity index (χ0) is 14.7. The predicted molar refractivity (Wildman–Crippen MR) is 79.6 cm³/mol. The van der Waals surface area contributed by atoms with E-state index in [9.17, 15) is 4.79 Å². The molecule has 0 aromatic carbocycles. The van der Waals surface area contributed by atoms with Gasteiger partial charge in [-0.3, -0.25) is 4.79 Å². The minimum atomic E-state index is 0.213. The Balaban J connectivity index is 1.94. The molecule has 2 heterocycles. The van der Waals surface area contributed by atoms with Crippen LogP contribution in [0, 0.1) is 13.8 Å². The van der Waals surface area contributed by atoms with Crippen molar-refractivity contribution in [2.45, 2.75) is 45.7 Å². The molecule has 5 nitrogen and oxygen atoms in total. The first kappa shape index (κ1) is 15.0. The van der Waals surface area contributed by atoms with Crippen LogP contribution in [0.5, 0.6) is 0 Å². The molecule has 0 aliphatic carbocycles. The van der Waals surface area contributed by atoms with Crippen molar-refractivity contribution in [3.63, 3.8) is 0 Å². The second-order valence-corrected chi connectivity index (χ2v) is 5.97. The van der Waals surface area contributed by atoms with E-state index in [4.69, 9.17) is 0 Å². The Morgan fingerprint density at radius 1 is 1.35 bits per heavy atom. The molecule has 1 aromatic heterocycles. The van der Waals surface area contributed by atoms with E-state index in [1.165, 1.54) is 6.42 Å². The zero-order valence-electron chi connectivity index (χ0n) is 13.1. The highest BCUT2D eigenvalue weighted by Crippen LogP contribution is 2.15. The number of carbonyl (C=O) groups is 1. The SMILES string of the molecule is Cc1ncn(CC(=O)N2CCCC(N(C)C)CC2)c1C. The van der Waals surface area contributed by atoms with Gasteiger partial charge in [0.1, 0.15) is 6.54 Å². The number of imidazole rings is 1. The highest BCUT2D eigenvalue weighted by atomic mass is 16.2. The molecule has 1 fully saturated rings. The Morgan fingerprint density at radius 2 is 2.10 bits per heavy atom. The molecule has 5 heteroatoms. The number of carbonyl (C=O) groups excluding carboxylic acids is 1. The average molecular weight is 278 g/mol. The van der Waals surface area contributed by atoms with E-state index in [0.717, 1.165) is 37.3 Å². The summed E-state index contributed by atoms with van der Waals surface area (Å²) in [5, 5.41) is 0. The molecule has 2 rings (SSSR count). The van der Waals surface area contributed by atoms with E-state index in [2.05, 4.69) is 24.0 Å². The van der Waals surface area contributed by atoms with Gasteiger partial charge in [-0.15, -0.1) is 0 Å². The maximum absolute atomic E-state index is 12.4. The summed E-state index contributed by atoms with van der Waals surface area (Å²) >= 11 is 0. The third kappa shape index (κ3) is 3.39. The summed E-state index contributed by atoms with van der Waals surface area (Å²) in [7, 11) is 4.25. The molecule has 0 N–H and O–H groups in total. The lowest BCUT2D eigenvalue weighted by molar-refractivity contribution is -0.131. The van der Waals surface area contributed by atoms with Crippen molar-refractivity contribution in [2.75, 3.05) is 27.2 Å². The third-order valence-electron chi connectivity index (χ3n) is 4.43. The minimum absolute atomic E-state index is 0.213. The van der Waals surface area contributed by atoms with Gasteiger partial charge in [0.2, 0.25) is 5.91 Å². The quantitative estimate of drug-likeness (QED) is 0.840. The number of likely N-dealkylation sites (tertiary alicyclic amines) is 1. The van der Waals surface area contributed by atoms with Crippen LogP contribution < -0.4 is 0 Å². The molecule has 0 bridgehead atoms. The monoisotopic (exact) mass is 278 g/mol. The highest BCUT2D eigenvalue weighted by molar-refractivity contribution is 5.76. The Bertz CT molecular complexity index is 466. The lowest BCUT2D eigenvalue weighted by Crippen LogP contribution is -2.36. The lowest BCUT2D eigenvalue weighted by Gasteiger charge is -2.23. The van der Waals surface area contributed by atoms with Gasteiger partial charge in [-0.05, 0) is 47.2 Å². The zero-order valence-corrected chi connectivity index (χ0v) is 13.1. The van der Waals surface area contributed by atoms with Gasteiger partial charge in [0.05, 0.1) is 12.0 Å². The summed E-state index contributed by atoms with van der Waals surface area (Å²) in [6, 6.07) is 0.602. The average Bonchev–Trinajstić information content (AvgIpc) is 2.64. The largest absolute Gasteiger partial charge is 0.341 e. The number of aromatic nitrogens is 2. The van der Waals surface area contributed by atoms with Gasteiger partial charge >= 0.3 is 0 Å². The molecule has 1 aromatic rings. The van der Waals surface area contributed by atoms with Crippen molar-refractivity contribution in [2.24, 2.45) is 0 Å². The van der Waals surface area contributed by atoms with Crippen molar-refractivity contribution >= 4 is 5.91 Å². The first-order valence-corrected chi connectivity index (χ1v) is 7.41. The van der Waals surface area contributed by atoms with Gasteiger partial charge in [-0.1, -0.05) is 0 Å². The molecule has 1 amide bonds. The summed E-state index contributed by atoms with van der Waals surface area (Å²) in [4.78, 5) is 21.0. The van der Waals surface area contributed by atoms with E-state index in [-0.39, 0.29) is 5.91 Å². The van der Waals surface area contributed by atoms with Crippen molar-refractivity contribution < 1.29 is 4.79 Å². The van der Waals surface area contributed by atoms with Crippen LogP contribution in [0.15, 0.2) is 6.33 Å². The van der Waals surface area contributed by atoms with Crippen molar-refractivity contribution in [3.8, 4) is 0 Å². The predicted octanol–water partition coefficient (Wildman–Crippen LogP) is 1.44. The second-order valence-electron chi connectivity index (χ2n) is 5.97. The number of rotatable bonds is 3. The molecule has 1 unspecified atom stereocenters. The highest BCUT2D eigenvalue weighted by Gasteiger charge is 2.22. The number of aryl methyl sites for hydroxylation is 1. The number of amides is 1. The van der Waals surface area contributed by atoms with Gasteiger partial charge in [-0.25, -0.2) is 4.98 Å². The van der Waals surface area contributed by atoms with E-state index >= 15 is 0 Å². The number of nitrogens with zero attached hydrogens (tertiary/aromatic N) is 4. The third-order valence-corrected chi connectivity index (χ3v) is 4.43. The molecule has 0 spiro atoms. The molecule has 20 heavy (non-hydrogen) atoms. The maximum atomic E-state index is 12.4. The number of hydrogen-bond acceptors (Lipinski definition) is 3. The van der Waals surface area contributed by atoms with E-state index in [1.54, 1.807) is 6.33 Å². The van der Waals surface area contributed by atoms with Crippen LogP contribution in [0.25, 0.3) is 0 Å². The fraction of sp³-hybridized carbons (Fsp3) is 0.733. The van der Waals surface area contributed by atoms with Crippen LogP contribution >= 0.6 is 0 Å². The van der Waals surface area contributed by atoms with E-state index in [1.807, 2.05) is 23.3 Å². The van der Waals surface area contributed by atoms with Crippen LogP contribution in [0.3, 0.4) is 0 Å². The Hall–Kier alpha value is -1.36. The fourth-order valence-electron chi connectivity index (χ4n) is 2.79. The van der Waals surface area contributed by atoms with E-state index < -0.39 is 0 Å². The first-order valence-electron chi connectivity index (χ1n) is 7.41. The smallest absolute Gasteiger partial charge is 0.242 e.